The fourth-order valence-electron chi connectivity index (χ4n) is 5.92. The molecule has 2 N–H and O–H groups in total. The van der Waals surface area contributed by atoms with E-state index in [1.165, 1.54) is 31.6 Å². The van der Waals surface area contributed by atoms with Gasteiger partial charge >= 0.3 is 0 Å². The van der Waals surface area contributed by atoms with Gasteiger partial charge in [0.25, 0.3) is 5.91 Å². The van der Waals surface area contributed by atoms with Gasteiger partial charge in [-0.25, -0.2) is 14.4 Å². The number of piperazine rings is 1. The number of nitrogens with zero attached hydrogens (tertiary/aromatic N) is 5. The standard InChI is InChI=1S/C31H33F2N7O3/c1-19-17-20(5-6-21(19)29(41)38-13-15-39(16-14-38)30(42)31(2)9-4-10-36-31)37-27-28-35-18-23(40(28)12-11-34-27)22-7-8-24(43-3)26(33)25(22)32/h5-8,11-12,17-18,36H,4,9-10,13-16H2,1-3H3,(H,34,37). The zero-order valence-electron chi connectivity index (χ0n) is 24.3. The first-order valence-corrected chi connectivity index (χ1v) is 14.3. The van der Waals surface area contributed by atoms with Crippen molar-refractivity contribution in [1.29, 1.82) is 0 Å². The number of rotatable bonds is 6. The van der Waals surface area contributed by atoms with Crippen molar-refractivity contribution in [2.75, 3.05) is 45.2 Å². The summed E-state index contributed by atoms with van der Waals surface area (Å²) in [7, 11) is 1.28. The second kappa shape index (κ2) is 11.3. The molecular weight excluding hydrogens is 556 g/mol. The highest BCUT2D eigenvalue weighted by Gasteiger charge is 2.40. The van der Waals surface area contributed by atoms with E-state index < -0.39 is 17.2 Å². The van der Waals surface area contributed by atoms with Gasteiger partial charge in [0.1, 0.15) is 0 Å². The molecule has 2 aromatic heterocycles. The summed E-state index contributed by atoms with van der Waals surface area (Å²) >= 11 is 0. The SMILES string of the molecule is COc1ccc(-c2cnc3c(Nc4ccc(C(=O)N5CCN(C(=O)C6(C)CCCN6)CC5)c(C)c4)nccn23)c(F)c1F. The van der Waals surface area contributed by atoms with Crippen LogP contribution in [0.15, 0.2) is 48.9 Å². The minimum absolute atomic E-state index is 0.0382. The molecule has 4 heterocycles. The van der Waals surface area contributed by atoms with Gasteiger partial charge in [-0.05, 0) is 69.1 Å². The van der Waals surface area contributed by atoms with E-state index in [4.69, 9.17) is 4.74 Å². The van der Waals surface area contributed by atoms with Gasteiger partial charge in [-0.1, -0.05) is 0 Å². The van der Waals surface area contributed by atoms with E-state index in [-0.39, 0.29) is 23.1 Å². The number of benzene rings is 2. The van der Waals surface area contributed by atoms with Crippen LogP contribution in [0.1, 0.15) is 35.7 Å². The normalized spacial score (nSPS) is 18.7. The Hall–Kier alpha value is -4.58. The number of ether oxygens (including phenoxy) is 1. The number of imidazole rings is 1. The molecule has 1 unspecified atom stereocenters. The fourth-order valence-corrected chi connectivity index (χ4v) is 5.92. The summed E-state index contributed by atoms with van der Waals surface area (Å²) in [6.45, 7) is 6.66. The smallest absolute Gasteiger partial charge is 0.254 e. The van der Waals surface area contributed by atoms with Gasteiger partial charge in [0, 0.05) is 55.4 Å². The average Bonchev–Trinajstić information content (AvgIpc) is 3.66. The molecule has 1 atom stereocenters. The molecule has 0 saturated carbocycles. The summed E-state index contributed by atoms with van der Waals surface area (Å²) in [6.07, 6.45) is 6.44. The Morgan fingerprint density at radius 2 is 1.81 bits per heavy atom. The second-order valence-electron chi connectivity index (χ2n) is 11.2. The summed E-state index contributed by atoms with van der Waals surface area (Å²) in [5.41, 5.74) is 2.35. The van der Waals surface area contributed by atoms with E-state index in [9.17, 15) is 18.4 Å². The van der Waals surface area contributed by atoms with Crippen molar-refractivity contribution < 1.29 is 23.1 Å². The van der Waals surface area contributed by atoms with Crippen molar-refractivity contribution in [2.45, 2.75) is 32.2 Å². The third-order valence-corrected chi connectivity index (χ3v) is 8.39. The van der Waals surface area contributed by atoms with Crippen LogP contribution in [0.5, 0.6) is 5.75 Å². The number of carbonyl (C=O) groups excluding carboxylic acids is 2. The maximum atomic E-state index is 14.8. The number of hydrogen-bond acceptors (Lipinski definition) is 7. The molecule has 2 fully saturated rings. The molecule has 2 amide bonds. The molecular formula is C31H33F2N7O3. The van der Waals surface area contributed by atoms with Crippen molar-refractivity contribution >= 4 is 29.0 Å². The van der Waals surface area contributed by atoms with Crippen molar-refractivity contribution in [3.63, 3.8) is 0 Å². The number of carbonyl (C=O) groups is 2. The Bertz CT molecular complexity index is 1710. The number of anilines is 2. The van der Waals surface area contributed by atoms with Crippen LogP contribution in [0.4, 0.5) is 20.3 Å². The minimum Gasteiger partial charge on any atom is -0.494 e. The lowest BCUT2D eigenvalue weighted by Gasteiger charge is -2.38. The molecule has 224 valence electrons. The lowest BCUT2D eigenvalue weighted by atomic mass is 9.98. The fraction of sp³-hybridized carbons (Fsp3) is 0.355. The molecule has 0 spiro atoms. The molecule has 4 aromatic rings. The van der Waals surface area contributed by atoms with Crippen LogP contribution in [0.25, 0.3) is 16.9 Å². The van der Waals surface area contributed by atoms with E-state index in [1.54, 1.807) is 27.6 Å². The molecule has 2 saturated heterocycles. The van der Waals surface area contributed by atoms with Crippen LogP contribution < -0.4 is 15.4 Å². The first-order valence-electron chi connectivity index (χ1n) is 14.3. The maximum Gasteiger partial charge on any atom is 0.254 e. The van der Waals surface area contributed by atoms with Crippen LogP contribution in [0, 0.1) is 18.6 Å². The van der Waals surface area contributed by atoms with Gasteiger partial charge in [0.05, 0.1) is 24.5 Å². The second-order valence-corrected chi connectivity index (χ2v) is 11.2. The zero-order valence-corrected chi connectivity index (χ0v) is 24.3. The lowest BCUT2D eigenvalue weighted by Crippen LogP contribution is -2.58. The third kappa shape index (κ3) is 5.16. The number of halogens is 2. The predicted octanol–water partition coefficient (Wildman–Crippen LogP) is 4.16. The Morgan fingerprint density at radius 3 is 2.51 bits per heavy atom. The highest BCUT2D eigenvalue weighted by atomic mass is 19.2. The molecule has 2 aliphatic rings. The molecule has 2 aromatic carbocycles. The summed E-state index contributed by atoms with van der Waals surface area (Å²) in [4.78, 5) is 38.9. The van der Waals surface area contributed by atoms with Gasteiger partial charge in [-0.3, -0.25) is 14.0 Å². The van der Waals surface area contributed by atoms with Crippen LogP contribution in [-0.4, -0.2) is 81.4 Å². The predicted molar refractivity (Wildman–Crippen MR) is 157 cm³/mol. The molecule has 0 aliphatic carbocycles. The maximum absolute atomic E-state index is 14.8. The van der Waals surface area contributed by atoms with E-state index in [2.05, 4.69) is 20.6 Å². The van der Waals surface area contributed by atoms with E-state index in [0.29, 0.717) is 54.6 Å². The molecule has 0 bridgehead atoms. The van der Waals surface area contributed by atoms with Crippen LogP contribution in [0.3, 0.4) is 0 Å². The summed E-state index contributed by atoms with van der Waals surface area (Å²) in [5.74, 6) is -1.84. The van der Waals surface area contributed by atoms with Gasteiger partial charge in [0.2, 0.25) is 11.7 Å². The van der Waals surface area contributed by atoms with Crippen molar-refractivity contribution in [2.24, 2.45) is 0 Å². The third-order valence-electron chi connectivity index (χ3n) is 8.39. The van der Waals surface area contributed by atoms with Crippen LogP contribution in [-0.2, 0) is 4.79 Å². The largest absolute Gasteiger partial charge is 0.494 e. The van der Waals surface area contributed by atoms with Crippen molar-refractivity contribution in [3.8, 4) is 17.0 Å². The summed E-state index contributed by atoms with van der Waals surface area (Å²) < 4.78 is 35.7. The average molecular weight is 590 g/mol. The Kier molecular flexibility index (Phi) is 7.47. The molecule has 0 radical (unpaired) electrons. The van der Waals surface area contributed by atoms with Gasteiger partial charge in [0.15, 0.2) is 23.0 Å². The first kappa shape index (κ1) is 28.5. The quantitative estimate of drug-likeness (QED) is 0.348. The Morgan fingerprint density at radius 1 is 1.05 bits per heavy atom. The highest BCUT2D eigenvalue weighted by Crippen LogP contribution is 2.32. The number of fused-ring (bicyclic) bond motifs is 1. The Balaban J connectivity index is 1.16. The molecule has 43 heavy (non-hydrogen) atoms. The molecule has 2 aliphatic heterocycles. The van der Waals surface area contributed by atoms with E-state index >= 15 is 0 Å². The van der Waals surface area contributed by atoms with Gasteiger partial charge in [-0.2, -0.15) is 4.39 Å². The van der Waals surface area contributed by atoms with Crippen LogP contribution >= 0.6 is 0 Å². The monoisotopic (exact) mass is 589 g/mol. The van der Waals surface area contributed by atoms with Crippen molar-refractivity contribution in [3.05, 3.63) is 71.7 Å². The van der Waals surface area contributed by atoms with Gasteiger partial charge in [-0.15, -0.1) is 0 Å². The number of aryl methyl sites for hydroxylation is 1. The first-order chi connectivity index (χ1) is 20.7. The van der Waals surface area contributed by atoms with E-state index in [1.807, 2.05) is 24.8 Å². The highest BCUT2D eigenvalue weighted by molar-refractivity contribution is 5.96. The minimum atomic E-state index is -1.07. The van der Waals surface area contributed by atoms with E-state index in [0.717, 1.165) is 24.9 Å². The number of nitrogens with one attached hydrogen (secondary N) is 2. The van der Waals surface area contributed by atoms with Gasteiger partial charge < -0.3 is 25.2 Å². The molecule has 6 rings (SSSR count). The summed E-state index contributed by atoms with van der Waals surface area (Å²) in [5, 5.41) is 6.56. The molecule has 10 nitrogen and oxygen atoms in total. The summed E-state index contributed by atoms with van der Waals surface area (Å²) in [6, 6.07) is 8.23. The number of hydrogen-bond donors (Lipinski definition) is 2. The lowest BCUT2D eigenvalue weighted by molar-refractivity contribution is -0.138. The Labute approximate surface area is 247 Å². The number of aromatic nitrogens is 3. The number of methoxy groups -OCH3 is 1. The topological polar surface area (TPSA) is 104 Å². The number of amides is 2. The van der Waals surface area contributed by atoms with Crippen LogP contribution in [0.2, 0.25) is 0 Å². The zero-order chi connectivity index (χ0) is 30.3. The van der Waals surface area contributed by atoms with Crippen molar-refractivity contribution in [1.82, 2.24) is 29.5 Å². The molecule has 12 heteroatoms.